The Morgan fingerprint density at radius 2 is 1.50 bits per heavy atom. The second-order valence-corrected chi connectivity index (χ2v) is 7.94. The monoisotopic (exact) mass is 306 g/mol. The second-order valence-electron chi connectivity index (χ2n) is 7.94. The van der Waals surface area contributed by atoms with Crippen molar-refractivity contribution in [1.82, 2.24) is 0 Å². The Morgan fingerprint density at radius 3 is 2.00 bits per heavy atom. The maximum absolute atomic E-state index is 12.2. The van der Waals surface area contributed by atoms with Crippen molar-refractivity contribution in [2.45, 2.75) is 58.0 Å². The topological polar surface area (TPSA) is 9.23 Å². The van der Waals surface area contributed by atoms with Crippen LogP contribution in [0.2, 0.25) is 0 Å². The molecule has 0 heterocycles. The van der Waals surface area contributed by atoms with Crippen LogP contribution in [-0.2, 0) is 6.42 Å². The molecule has 0 amide bonds. The first-order valence-corrected chi connectivity index (χ1v) is 8.64. The Balaban J connectivity index is 1.38. The van der Waals surface area contributed by atoms with Crippen LogP contribution in [0.1, 0.15) is 50.5 Å². The maximum atomic E-state index is 12.2. The quantitative estimate of drug-likeness (QED) is 0.704. The van der Waals surface area contributed by atoms with Gasteiger partial charge in [-0.3, -0.25) is 0 Å². The summed E-state index contributed by atoms with van der Waals surface area (Å²) in [4.78, 5) is 0. The highest BCUT2D eigenvalue weighted by Gasteiger charge is 2.50. The van der Waals surface area contributed by atoms with E-state index in [1.807, 2.05) is 12.1 Å². The van der Waals surface area contributed by atoms with Gasteiger partial charge in [-0.25, -0.2) is 0 Å². The van der Waals surface area contributed by atoms with Crippen LogP contribution >= 0.6 is 0 Å². The molecule has 120 valence electrons. The lowest BCUT2D eigenvalue weighted by Gasteiger charge is -2.57. The molecule has 1 nitrogen and oxygen atoms in total. The van der Waals surface area contributed by atoms with Gasteiger partial charge in [0.25, 0.3) is 0 Å². The van der Waals surface area contributed by atoms with Crippen LogP contribution < -0.4 is 4.74 Å². The molecule has 0 aliphatic heterocycles. The molecule has 0 saturated heterocycles. The molecule has 4 aliphatic rings. The first kappa shape index (κ1) is 14.5. The molecular weight excluding hydrogens is 282 g/mol. The molecule has 4 saturated carbocycles. The highest BCUT2D eigenvalue weighted by molar-refractivity contribution is 5.27. The van der Waals surface area contributed by atoms with Crippen molar-refractivity contribution >= 4 is 0 Å². The van der Waals surface area contributed by atoms with Crippen LogP contribution in [0.15, 0.2) is 24.3 Å². The highest BCUT2D eigenvalue weighted by Crippen LogP contribution is 2.61. The lowest BCUT2D eigenvalue weighted by atomic mass is 9.48. The van der Waals surface area contributed by atoms with E-state index in [2.05, 4.69) is 4.74 Å². The predicted molar refractivity (Wildman–Crippen MR) is 82.0 cm³/mol. The minimum atomic E-state index is -2.74. The highest BCUT2D eigenvalue weighted by atomic mass is 19.3. The van der Waals surface area contributed by atoms with Gasteiger partial charge in [-0.1, -0.05) is 12.1 Å². The summed E-state index contributed by atoms with van der Waals surface area (Å²) in [6.45, 7) is -2.74. The van der Waals surface area contributed by atoms with Gasteiger partial charge in [0, 0.05) is 0 Å². The SMILES string of the molecule is FC(F)Oc1ccc(CCC23CC4CC(CC(C4)C2)C3)cc1. The summed E-state index contributed by atoms with van der Waals surface area (Å²) < 4.78 is 28.8. The van der Waals surface area contributed by atoms with Gasteiger partial charge in [-0.2, -0.15) is 8.78 Å². The Labute approximate surface area is 131 Å². The van der Waals surface area contributed by atoms with Gasteiger partial charge in [0.2, 0.25) is 0 Å². The molecule has 0 aromatic heterocycles. The van der Waals surface area contributed by atoms with Gasteiger partial charge in [-0.05, 0) is 92.2 Å². The number of hydrogen-bond acceptors (Lipinski definition) is 1. The zero-order valence-electron chi connectivity index (χ0n) is 12.9. The van der Waals surface area contributed by atoms with E-state index < -0.39 is 6.61 Å². The predicted octanol–water partition coefficient (Wildman–Crippen LogP) is 5.44. The molecule has 5 rings (SSSR count). The van der Waals surface area contributed by atoms with E-state index >= 15 is 0 Å². The van der Waals surface area contributed by atoms with Gasteiger partial charge >= 0.3 is 6.61 Å². The average molecular weight is 306 g/mol. The molecule has 4 fully saturated rings. The summed E-state index contributed by atoms with van der Waals surface area (Å²) in [5.74, 6) is 3.24. The van der Waals surface area contributed by atoms with Crippen molar-refractivity contribution in [1.29, 1.82) is 0 Å². The fourth-order valence-electron chi connectivity index (χ4n) is 5.84. The van der Waals surface area contributed by atoms with E-state index in [0.717, 1.165) is 24.2 Å². The third-order valence-corrected chi connectivity index (χ3v) is 6.26. The van der Waals surface area contributed by atoms with E-state index in [1.165, 1.54) is 50.5 Å². The number of hydrogen-bond donors (Lipinski definition) is 0. The summed E-state index contributed by atoms with van der Waals surface area (Å²) in [5, 5.41) is 0. The van der Waals surface area contributed by atoms with E-state index in [-0.39, 0.29) is 5.75 Å². The van der Waals surface area contributed by atoms with Crippen molar-refractivity contribution < 1.29 is 13.5 Å². The number of halogens is 2. The number of benzene rings is 1. The van der Waals surface area contributed by atoms with E-state index in [1.54, 1.807) is 12.1 Å². The Morgan fingerprint density at radius 1 is 0.955 bits per heavy atom. The van der Waals surface area contributed by atoms with Crippen molar-refractivity contribution in [2.75, 3.05) is 0 Å². The van der Waals surface area contributed by atoms with Gasteiger partial charge in [0.1, 0.15) is 5.75 Å². The van der Waals surface area contributed by atoms with Crippen molar-refractivity contribution in [3.05, 3.63) is 29.8 Å². The molecule has 1 aromatic carbocycles. The molecular formula is C19H24F2O. The minimum absolute atomic E-state index is 0.258. The third-order valence-electron chi connectivity index (χ3n) is 6.26. The number of ether oxygens (including phenoxy) is 1. The number of alkyl halides is 2. The zero-order chi connectivity index (χ0) is 15.2. The van der Waals surface area contributed by atoms with Crippen LogP contribution in [0.4, 0.5) is 8.78 Å². The van der Waals surface area contributed by atoms with Crippen molar-refractivity contribution in [3.8, 4) is 5.75 Å². The summed E-state index contributed by atoms with van der Waals surface area (Å²) in [6.07, 6.45) is 11.1. The third kappa shape index (κ3) is 2.87. The number of rotatable bonds is 5. The van der Waals surface area contributed by atoms with Crippen LogP contribution in [0, 0.1) is 23.2 Å². The fourth-order valence-corrected chi connectivity index (χ4v) is 5.84. The molecule has 0 atom stereocenters. The molecule has 0 unspecified atom stereocenters. The summed E-state index contributed by atoms with van der Waals surface area (Å²) in [5.41, 5.74) is 1.84. The second kappa shape index (κ2) is 5.50. The maximum Gasteiger partial charge on any atom is 0.387 e. The molecule has 22 heavy (non-hydrogen) atoms. The summed E-state index contributed by atoms with van der Waals surface area (Å²) >= 11 is 0. The van der Waals surface area contributed by atoms with Crippen LogP contribution in [-0.4, -0.2) is 6.61 Å². The normalized spacial score (nSPS) is 36.0. The molecule has 0 N–H and O–H groups in total. The van der Waals surface area contributed by atoms with Crippen LogP contribution in [0.3, 0.4) is 0 Å². The first-order valence-electron chi connectivity index (χ1n) is 8.64. The van der Waals surface area contributed by atoms with E-state index in [0.29, 0.717) is 5.41 Å². The fraction of sp³-hybridized carbons (Fsp3) is 0.684. The summed E-state index contributed by atoms with van der Waals surface area (Å²) in [7, 11) is 0. The van der Waals surface area contributed by atoms with Crippen LogP contribution in [0.25, 0.3) is 0 Å². The van der Waals surface area contributed by atoms with Gasteiger partial charge in [0.15, 0.2) is 0 Å². The zero-order valence-corrected chi connectivity index (χ0v) is 12.9. The van der Waals surface area contributed by atoms with E-state index in [9.17, 15) is 8.78 Å². The largest absolute Gasteiger partial charge is 0.435 e. The Bertz CT molecular complexity index is 487. The summed E-state index contributed by atoms with van der Waals surface area (Å²) in [6, 6.07) is 7.22. The first-order chi connectivity index (χ1) is 10.6. The van der Waals surface area contributed by atoms with Gasteiger partial charge in [0.05, 0.1) is 0 Å². The van der Waals surface area contributed by atoms with E-state index in [4.69, 9.17) is 0 Å². The lowest BCUT2D eigenvalue weighted by molar-refractivity contribution is -0.0569. The standard InChI is InChI=1S/C19H24F2O/c20-18(21)22-17-3-1-13(2-4-17)5-6-19-10-14-7-15(11-19)9-16(8-14)12-19/h1-4,14-16,18H,5-12H2. The Kier molecular flexibility index (Phi) is 3.62. The van der Waals surface area contributed by atoms with Crippen LogP contribution in [0.5, 0.6) is 5.75 Å². The minimum Gasteiger partial charge on any atom is -0.435 e. The molecule has 0 radical (unpaired) electrons. The van der Waals surface area contributed by atoms with Crippen molar-refractivity contribution in [3.63, 3.8) is 0 Å². The molecule has 4 bridgehead atoms. The average Bonchev–Trinajstić information content (AvgIpc) is 2.44. The number of aryl methyl sites for hydroxylation is 1. The lowest BCUT2D eigenvalue weighted by Crippen LogP contribution is -2.46. The molecule has 3 heteroatoms. The molecule has 4 aliphatic carbocycles. The van der Waals surface area contributed by atoms with Crippen molar-refractivity contribution in [2.24, 2.45) is 23.2 Å². The smallest absolute Gasteiger partial charge is 0.387 e. The Hall–Kier alpha value is -1.12. The molecule has 1 aromatic rings. The van der Waals surface area contributed by atoms with Gasteiger partial charge < -0.3 is 4.74 Å². The molecule has 0 spiro atoms. The van der Waals surface area contributed by atoms with Gasteiger partial charge in [-0.15, -0.1) is 0 Å².